The number of hydrogen-bond donors (Lipinski definition) is 2. The third-order valence-electron chi connectivity index (χ3n) is 2.10. The van der Waals surface area contributed by atoms with Crippen molar-refractivity contribution in [2.45, 2.75) is 13.8 Å². The van der Waals surface area contributed by atoms with E-state index in [1.165, 1.54) is 12.1 Å². The number of rotatable bonds is 4. The monoisotopic (exact) mass is 237 g/mol. The van der Waals surface area contributed by atoms with Crippen molar-refractivity contribution in [2.24, 2.45) is 0 Å². The molecule has 0 spiro atoms. The molecule has 0 aliphatic rings. The molecule has 0 heterocycles. The summed E-state index contributed by atoms with van der Waals surface area (Å²) >= 11 is 0. The van der Waals surface area contributed by atoms with E-state index in [1.54, 1.807) is 19.9 Å². The number of ether oxygens (including phenoxy) is 1. The van der Waals surface area contributed by atoms with Gasteiger partial charge < -0.3 is 15.2 Å². The van der Waals surface area contributed by atoms with Crippen LogP contribution in [-0.2, 0) is 9.53 Å². The number of benzene rings is 1. The second-order valence-electron chi connectivity index (χ2n) is 3.51. The van der Waals surface area contributed by atoms with E-state index in [0.717, 1.165) is 5.56 Å². The van der Waals surface area contributed by atoms with Crippen LogP contribution < -0.4 is 5.32 Å². The summed E-state index contributed by atoms with van der Waals surface area (Å²) in [6.07, 6.45) is 0. The van der Waals surface area contributed by atoms with Gasteiger partial charge in [0.2, 0.25) is 0 Å². The highest BCUT2D eigenvalue weighted by atomic mass is 16.5. The summed E-state index contributed by atoms with van der Waals surface area (Å²) in [7, 11) is 0. The summed E-state index contributed by atoms with van der Waals surface area (Å²) in [6, 6.07) is 4.70. The molecule has 92 valence electrons. The molecule has 1 aromatic carbocycles. The summed E-state index contributed by atoms with van der Waals surface area (Å²) in [4.78, 5) is 22.6. The highest BCUT2D eigenvalue weighted by Crippen LogP contribution is 2.17. The summed E-state index contributed by atoms with van der Waals surface area (Å²) in [5.41, 5.74) is 0.990. The number of carbonyl (C=O) groups excluding carboxylic acids is 2. The molecular formula is C12H15NO4. The third-order valence-corrected chi connectivity index (χ3v) is 2.10. The maximum absolute atomic E-state index is 11.6. The molecule has 0 unspecified atom stereocenters. The number of esters is 1. The van der Waals surface area contributed by atoms with Crippen LogP contribution in [0, 0.1) is 6.92 Å². The Kier molecular flexibility index (Phi) is 4.51. The molecular weight excluding hydrogens is 222 g/mol. The molecule has 0 atom stereocenters. The molecule has 0 bridgehead atoms. The van der Waals surface area contributed by atoms with Gasteiger partial charge in [0.25, 0.3) is 5.91 Å². The number of amides is 1. The van der Waals surface area contributed by atoms with E-state index in [9.17, 15) is 14.7 Å². The molecule has 0 aliphatic carbocycles. The summed E-state index contributed by atoms with van der Waals surface area (Å²) in [5.74, 6) is -1.12. The average molecular weight is 237 g/mol. The first-order valence-electron chi connectivity index (χ1n) is 5.28. The minimum absolute atomic E-state index is 0.105. The first-order chi connectivity index (χ1) is 8.04. The van der Waals surface area contributed by atoms with E-state index in [-0.39, 0.29) is 24.5 Å². The van der Waals surface area contributed by atoms with Crippen LogP contribution in [0.2, 0.25) is 0 Å². The van der Waals surface area contributed by atoms with Crippen LogP contribution >= 0.6 is 0 Å². The SMILES string of the molecule is CCOC(=O)CNC(=O)c1ccc(C)cc1O. The summed E-state index contributed by atoms with van der Waals surface area (Å²) in [6.45, 7) is 3.55. The van der Waals surface area contributed by atoms with E-state index >= 15 is 0 Å². The molecule has 5 heteroatoms. The first-order valence-corrected chi connectivity index (χ1v) is 5.28. The summed E-state index contributed by atoms with van der Waals surface area (Å²) < 4.78 is 4.66. The first kappa shape index (κ1) is 13.0. The largest absolute Gasteiger partial charge is 0.507 e. The van der Waals surface area contributed by atoms with Gasteiger partial charge in [-0.2, -0.15) is 0 Å². The molecule has 17 heavy (non-hydrogen) atoms. The van der Waals surface area contributed by atoms with Crippen molar-refractivity contribution in [1.29, 1.82) is 0 Å². The highest BCUT2D eigenvalue weighted by Gasteiger charge is 2.12. The Morgan fingerprint density at radius 1 is 1.41 bits per heavy atom. The Hall–Kier alpha value is -2.04. The van der Waals surface area contributed by atoms with E-state index in [2.05, 4.69) is 10.1 Å². The fourth-order valence-electron chi connectivity index (χ4n) is 1.29. The van der Waals surface area contributed by atoms with Crippen LogP contribution in [-0.4, -0.2) is 30.1 Å². The number of carbonyl (C=O) groups is 2. The Balaban J connectivity index is 2.61. The normalized spacial score (nSPS) is 9.76. The molecule has 0 aromatic heterocycles. The zero-order chi connectivity index (χ0) is 12.8. The molecule has 1 rings (SSSR count). The van der Waals surface area contributed by atoms with Gasteiger partial charge in [0.05, 0.1) is 12.2 Å². The van der Waals surface area contributed by atoms with Crippen LogP contribution in [0.25, 0.3) is 0 Å². The lowest BCUT2D eigenvalue weighted by Crippen LogP contribution is -2.30. The van der Waals surface area contributed by atoms with E-state index in [0.29, 0.717) is 0 Å². The maximum Gasteiger partial charge on any atom is 0.325 e. The molecule has 5 nitrogen and oxygen atoms in total. The van der Waals surface area contributed by atoms with Gasteiger partial charge >= 0.3 is 5.97 Å². The molecule has 1 amide bonds. The maximum atomic E-state index is 11.6. The lowest BCUT2D eigenvalue weighted by Gasteiger charge is -2.07. The zero-order valence-corrected chi connectivity index (χ0v) is 9.82. The number of phenolic OH excluding ortho intramolecular Hbond substituents is 1. The van der Waals surface area contributed by atoms with Gasteiger partial charge in [0.1, 0.15) is 12.3 Å². The molecule has 0 saturated carbocycles. The van der Waals surface area contributed by atoms with Gasteiger partial charge in [-0.1, -0.05) is 6.07 Å². The molecule has 1 aromatic rings. The van der Waals surface area contributed by atoms with Gasteiger partial charge in [-0.05, 0) is 31.5 Å². The topological polar surface area (TPSA) is 75.6 Å². The van der Waals surface area contributed by atoms with Crippen molar-refractivity contribution in [3.05, 3.63) is 29.3 Å². The van der Waals surface area contributed by atoms with Crippen molar-refractivity contribution < 1.29 is 19.4 Å². The lowest BCUT2D eigenvalue weighted by molar-refractivity contribution is -0.141. The predicted octanol–water partition coefficient (Wildman–Crippen LogP) is 0.994. The van der Waals surface area contributed by atoms with Crippen LogP contribution in [0.5, 0.6) is 5.75 Å². The van der Waals surface area contributed by atoms with E-state index in [1.807, 2.05) is 0 Å². The minimum atomic E-state index is -0.507. The van der Waals surface area contributed by atoms with Crippen LogP contribution in [0.1, 0.15) is 22.8 Å². The smallest absolute Gasteiger partial charge is 0.325 e. The molecule has 0 saturated heterocycles. The van der Waals surface area contributed by atoms with Gasteiger partial charge in [0, 0.05) is 0 Å². The van der Waals surface area contributed by atoms with Crippen molar-refractivity contribution in [3.63, 3.8) is 0 Å². The van der Waals surface area contributed by atoms with Crippen molar-refractivity contribution >= 4 is 11.9 Å². The van der Waals surface area contributed by atoms with E-state index in [4.69, 9.17) is 0 Å². The van der Waals surface area contributed by atoms with Crippen molar-refractivity contribution in [1.82, 2.24) is 5.32 Å². The molecule has 0 aliphatic heterocycles. The van der Waals surface area contributed by atoms with Crippen LogP contribution in [0.4, 0.5) is 0 Å². The standard InChI is InChI=1S/C12H15NO4/c1-3-17-11(15)7-13-12(16)9-5-4-8(2)6-10(9)14/h4-6,14H,3,7H2,1-2H3,(H,13,16). The number of hydrogen-bond acceptors (Lipinski definition) is 4. The number of aromatic hydroxyl groups is 1. The van der Waals surface area contributed by atoms with Gasteiger partial charge in [0.15, 0.2) is 0 Å². The lowest BCUT2D eigenvalue weighted by atomic mass is 10.1. The van der Waals surface area contributed by atoms with Gasteiger partial charge in [-0.15, -0.1) is 0 Å². The number of phenols is 1. The number of aryl methyl sites for hydroxylation is 1. The molecule has 0 radical (unpaired) electrons. The predicted molar refractivity (Wildman–Crippen MR) is 61.8 cm³/mol. The number of nitrogens with one attached hydrogen (secondary N) is 1. The molecule has 0 fully saturated rings. The van der Waals surface area contributed by atoms with E-state index < -0.39 is 11.9 Å². The average Bonchev–Trinajstić information content (AvgIpc) is 2.26. The van der Waals surface area contributed by atoms with Crippen molar-refractivity contribution in [2.75, 3.05) is 13.2 Å². The Bertz CT molecular complexity index is 429. The minimum Gasteiger partial charge on any atom is -0.507 e. The van der Waals surface area contributed by atoms with Crippen LogP contribution in [0.3, 0.4) is 0 Å². The highest BCUT2D eigenvalue weighted by molar-refractivity contribution is 5.98. The van der Waals surface area contributed by atoms with Gasteiger partial charge in [-0.3, -0.25) is 9.59 Å². The fourth-order valence-corrected chi connectivity index (χ4v) is 1.29. The zero-order valence-electron chi connectivity index (χ0n) is 9.82. The van der Waals surface area contributed by atoms with Crippen LogP contribution in [0.15, 0.2) is 18.2 Å². The van der Waals surface area contributed by atoms with Gasteiger partial charge in [-0.25, -0.2) is 0 Å². The second-order valence-corrected chi connectivity index (χ2v) is 3.51. The Morgan fingerprint density at radius 2 is 2.12 bits per heavy atom. The Morgan fingerprint density at radius 3 is 2.71 bits per heavy atom. The third kappa shape index (κ3) is 3.79. The molecule has 2 N–H and O–H groups in total. The summed E-state index contributed by atoms with van der Waals surface area (Å²) in [5, 5.41) is 11.9. The fraction of sp³-hybridized carbons (Fsp3) is 0.333. The quantitative estimate of drug-likeness (QED) is 0.766. The Labute approximate surface area is 99.4 Å². The second kappa shape index (κ2) is 5.89. The van der Waals surface area contributed by atoms with Crippen molar-refractivity contribution in [3.8, 4) is 5.75 Å².